The zero-order valence-electron chi connectivity index (χ0n) is 21.1. The number of thioether (sulfide) groups is 2. The standard InChI is InChI=1S/C18H20BrN7O11S4/c1-25-17(21-23-24-25)39-5-8-4-38-16-18(35-2,15(30)26(16)12(8)14(28)29)20-10(27)7-41(33,34)6-9-11(19)13(22-36-9)37-40(3,31)32/h16H,4-7H2,1-3H3,(H,20,27)(H,28,29)/t16-,18+/m1/s1. The van der Waals surface area contributed by atoms with Gasteiger partial charge >= 0.3 is 16.1 Å². The van der Waals surface area contributed by atoms with E-state index in [0.29, 0.717) is 10.7 Å². The molecule has 1 fully saturated rings. The summed E-state index contributed by atoms with van der Waals surface area (Å²) in [7, 11) is -5.50. The lowest BCUT2D eigenvalue weighted by molar-refractivity contribution is -0.192. The summed E-state index contributed by atoms with van der Waals surface area (Å²) in [6, 6.07) is 0. The molecular weight excluding hydrogens is 698 g/mol. The molecule has 2 aliphatic heterocycles. The van der Waals surface area contributed by atoms with Crippen LogP contribution in [0, 0.1) is 0 Å². The van der Waals surface area contributed by atoms with E-state index in [1.807, 2.05) is 0 Å². The number of sulfone groups is 1. The second-order valence-corrected chi connectivity index (χ2v) is 14.9. The number of rotatable bonds is 12. The second-order valence-electron chi connectivity index (χ2n) is 8.50. The van der Waals surface area contributed by atoms with Gasteiger partial charge in [-0.15, -0.1) is 16.9 Å². The molecule has 0 saturated carbocycles. The molecule has 1 saturated heterocycles. The molecule has 2 atom stereocenters. The van der Waals surface area contributed by atoms with Gasteiger partial charge in [0.2, 0.25) is 11.1 Å². The number of aliphatic carboxylic acids is 1. The summed E-state index contributed by atoms with van der Waals surface area (Å²) in [5.74, 6) is -5.90. The number of nitrogens with zero attached hydrogens (tertiary/aromatic N) is 6. The van der Waals surface area contributed by atoms with E-state index in [9.17, 15) is 36.3 Å². The van der Waals surface area contributed by atoms with E-state index in [4.69, 9.17) is 9.26 Å². The van der Waals surface area contributed by atoms with Gasteiger partial charge in [0.05, 0.1) is 6.26 Å². The van der Waals surface area contributed by atoms with Crippen LogP contribution in [0.15, 0.2) is 25.4 Å². The summed E-state index contributed by atoms with van der Waals surface area (Å²) in [6.07, 6.45) is 0.751. The lowest BCUT2D eigenvalue weighted by Gasteiger charge is -2.55. The zero-order valence-corrected chi connectivity index (χ0v) is 26.0. The summed E-state index contributed by atoms with van der Waals surface area (Å²) in [5.41, 5.74) is -1.89. The molecule has 0 spiro atoms. The highest BCUT2D eigenvalue weighted by molar-refractivity contribution is 9.10. The van der Waals surface area contributed by atoms with Crippen LogP contribution in [0.2, 0.25) is 0 Å². The van der Waals surface area contributed by atoms with Crippen molar-refractivity contribution in [3.05, 3.63) is 21.5 Å². The lowest BCUT2D eigenvalue weighted by Crippen LogP contribution is -2.81. The molecule has 0 aliphatic carbocycles. The first kappa shape index (κ1) is 31.2. The monoisotopic (exact) mass is 717 g/mol. The van der Waals surface area contributed by atoms with Gasteiger partial charge in [0, 0.05) is 25.7 Å². The van der Waals surface area contributed by atoms with Crippen molar-refractivity contribution < 1.29 is 49.8 Å². The van der Waals surface area contributed by atoms with Crippen LogP contribution in [-0.2, 0) is 51.9 Å². The molecule has 4 rings (SSSR count). The molecule has 18 nitrogen and oxygen atoms in total. The van der Waals surface area contributed by atoms with E-state index in [1.165, 1.54) is 16.4 Å². The summed E-state index contributed by atoms with van der Waals surface area (Å²) >= 11 is 5.24. The fourth-order valence-corrected chi connectivity index (χ4v) is 8.48. The number of ether oxygens (including phenoxy) is 1. The maximum atomic E-state index is 13.2. The maximum Gasteiger partial charge on any atom is 0.352 e. The number of aromatic nitrogens is 5. The van der Waals surface area contributed by atoms with Crippen LogP contribution in [0.1, 0.15) is 5.76 Å². The van der Waals surface area contributed by atoms with Gasteiger partial charge in [-0.1, -0.05) is 11.8 Å². The maximum absolute atomic E-state index is 13.2. The third kappa shape index (κ3) is 6.38. The van der Waals surface area contributed by atoms with Crippen LogP contribution in [-0.4, -0.2) is 112 Å². The van der Waals surface area contributed by atoms with E-state index in [1.54, 1.807) is 7.05 Å². The molecule has 23 heteroatoms. The summed E-state index contributed by atoms with van der Waals surface area (Å²) in [6.45, 7) is 0. The van der Waals surface area contributed by atoms with Crippen LogP contribution in [0.4, 0.5) is 0 Å². The predicted molar refractivity (Wildman–Crippen MR) is 142 cm³/mol. The largest absolute Gasteiger partial charge is 0.477 e. The number of aryl methyl sites for hydroxylation is 1. The molecule has 0 bridgehead atoms. The number of carbonyl (C=O) groups is 3. The van der Waals surface area contributed by atoms with E-state index >= 15 is 0 Å². The fraction of sp³-hybridized carbons (Fsp3) is 0.500. The van der Waals surface area contributed by atoms with Gasteiger partial charge in [0.15, 0.2) is 15.6 Å². The lowest BCUT2D eigenvalue weighted by atomic mass is 9.98. The van der Waals surface area contributed by atoms with Gasteiger partial charge in [-0.2, -0.15) is 8.42 Å². The smallest absolute Gasteiger partial charge is 0.352 e. The Morgan fingerprint density at radius 3 is 2.63 bits per heavy atom. The highest BCUT2D eigenvalue weighted by Crippen LogP contribution is 2.47. The van der Waals surface area contributed by atoms with E-state index in [-0.39, 0.29) is 27.4 Å². The Balaban J connectivity index is 1.46. The molecule has 2 amide bonds. The highest BCUT2D eigenvalue weighted by Gasteiger charge is 2.66. The summed E-state index contributed by atoms with van der Waals surface area (Å²) < 4.78 is 64.0. The summed E-state index contributed by atoms with van der Waals surface area (Å²) in [4.78, 5) is 39.1. The van der Waals surface area contributed by atoms with Crippen molar-refractivity contribution in [2.75, 3.05) is 30.6 Å². The number of nitrogens with one attached hydrogen (secondary N) is 1. The quantitative estimate of drug-likeness (QED) is 0.112. The number of tetrazole rings is 1. The average Bonchev–Trinajstić information content (AvgIpc) is 3.43. The number of halogens is 1. The van der Waals surface area contributed by atoms with Crippen molar-refractivity contribution in [1.29, 1.82) is 0 Å². The zero-order chi connectivity index (χ0) is 30.3. The minimum atomic E-state index is -4.26. The number of carboxylic acid groups (broad SMARTS) is 1. The van der Waals surface area contributed by atoms with Gasteiger partial charge in [0.25, 0.3) is 17.5 Å². The number of fused-ring (bicyclic) bond motifs is 1. The SMILES string of the molecule is CO[C@@]1(NC(=O)CS(=O)(=O)Cc2onc(OS(C)(=O)=O)c2Br)C(=O)N2C(C(=O)O)=C(CSc3nnnn3C)CS[C@@H]21. The highest BCUT2D eigenvalue weighted by atomic mass is 79.9. The molecule has 0 unspecified atom stereocenters. The van der Waals surface area contributed by atoms with Crippen LogP contribution in [0.3, 0.4) is 0 Å². The van der Waals surface area contributed by atoms with Crippen molar-refractivity contribution in [3.63, 3.8) is 0 Å². The van der Waals surface area contributed by atoms with Gasteiger partial charge in [-0.05, 0) is 37.1 Å². The van der Waals surface area contributed by atoms with Crippen molar-refractivity contribution in [3.8, 4) is 5.88 Å². The fourth-order valence-electron chi connectivity index (χ4n) is 3.82. The van der Waals surface area contributed by atoms with Crippen molar-refractivity contribution in [1.82, 2.24) is 35.6 Å². The van der Waals surface area contributed by atoms with Crippen molar-refractivity contribution in [2.24, 2.45) is 7.05 Å². The third-order valence-corrected chi connectivity index (χ3v) is 10.6. The number of β-lactam (4-membered cyclic amide) rings is 1. The van der Waals surface area contributed by atoms with Crippen LogP contribution < -0.4 is 9.50 Å². The number of amides is 2. The Bertz CT molecular complexity index is 1660. The second kappa shape index (κ2) is 11.5. The summed E-state index contributed by atoms with van der Waals surface area (Å²) in [5, 5.41) is 26.0. The molecule has 0 aromatic carbocycles. The molecule has 2 aromatic heterocycles. The minimum absolute atomic E-state index is 0.158. The van der Waals surface area contributed by atoms with Gasteiger partial charge in [0.1, 0.15) is 27.0 Å². The Hall–Kier alpha value is -2.73. The van der Waals surface area contributed by atoms with Crippen LogP contribution >= 0.6 is 39.5 Å². The number of hydrogen-bond acceptors (Lipinski definition) is 16. The molecule has 2 N–H and O–H groups in total. The third-order valence-electron chi connectivity index (χ3n) is 5.52. The Morgan fingerprint density at radius 1 is 1.34 bits per heavy atom. The molecular formula is C18H20BrN7O11S4. The molecule has 2 aromatic rings. The Labute approximate surface area is 248 Å². The Morgan fingerprint density at radius 2 is 2.05 bits per heavy atom. The molecule has 224 valence electrons. The van der Waals surface area contributed by atoms with Gasteiger partial charge in [-0.3, -0.25) is 14.5 Å². The first-order valence-corrected chi connectivity index (χ1v) is 17.4. The number of hydrogen-bond donors (Lipinski definition) is 2. The van der Waals surface area contributed by atoms with Crippen molar-refractivity contribution in [2.45, 2.75) is 22.0 Å². The van der Waals surface area contributed by atoms with E-state index < -0.39 is 66.2 Å². The van der Waals surface area contributed by atoms with Gasteiger partial charge in [-0.25, -0.2) is 17.9 Å². The van der Waals surface area contributed by atoms with Crippen LogP contribution in [0.5, 0.6) is 5.88 Å². The predicted octanol–water partition coefficient (Wildman–Crippen LogP) is -1.28. The first-order valence-electron chi connectivity index (χ1n) is 10.9. The topological polar surface area (TPSA) is 243 Å². The van der Waals surface area contributed by atoms with E-state index in [0.717, 1.165) is 30.0 Å². The number of methoxy groups -OCH3 is 1. The van der Waals surface area contributed by atoms with E-state index in [2.05, 4.69) is 46.1 Å². The number of carbonyl (C=O) groups excluding carboxylic acids is 2. The molecule has 41 heavy (non-hydrogen) atoms. The normalized spacial score (nSPS) is 20.9. The Kier molecular flexibility index (Phi) is 8.76. The minimum Gasteiger partial charge on any atom is -0.477 e. The average molecular weight is 719 g/mol. The van der Waals surface area contributed by atoms with Gasteiger partial charge < -0.3 is 23.9 Å². The molecule has 2 aliphatic rings. The molecule has 4 heterocycles. The molecule has 0 radical (unpaired) electrons. The number of carboxylic acids is 1. The van der Waals surface area contributed by atoms with Crippen molar-refractivity contribution >= 4 is 77.2 Å². The first-order chi connectivity index (χ1) is 19.1. The van der Waals surface area contributed by atoms with Crippen LogP contribution in [0.25, 0.3) is 0 Å².